The second-order valence-electron chi connectivity index (χ2n) is 5.12. The van der Waals surface area contributed by atoms with Crippen LogP contribution in [-0.2, 0) is 4.79 Å². The predicted molar refractivity (Wildman–Crippen MR) is 65.3 cm³/mol. The zero-order valence-corrected chi connectivity index (χ0v) is 10.4. The summed E-state index contributed by atoms with van der Waals surface area (Å²) in [5.74, 6) is -0.0709. The van der Waals surface area contributed by atoms with E-state index in [0.717, 1.165) is 11.3 Å². The Bertz CT molecular complexity index is 437. The lowest BCUT2D eigenvalue weighted by atomic mass is 10.0. The Labute approximate surface area is 101 Å². The van der Waals surface area contributed by atoms with Crippen molar-refractivity contribution < 1.29 is 14.6 Å². The standard InChI is InChI=1S/C14H18O3/c1-4-17-10-7-5-6-9(8-10)11-12(13(15)16)14(11,2)3/h5-8,11-12H,4H2,1-3H3,(H,15,16)/t11-,12+/m0/s1. The lowest BCUT2D eigenvalue weighted by Crippen LogP contribution is -2.03. The molecule has 17 heavy (non-hydrogen) atoms. The van der Waals surface area contributed by atoms with E-state index in [-0.39, 0.29) is 17.3 Å². The molecule has 1 N–H and O–H groups in total. The lowest BCUT2D eigenvalue weighted by molar-refractivity contribution is -0.139. The largest absolute Gasteiger partial charge is 0.494 e. The Balaban J connectivity index is 2.24. The van der Waals surface area contributed by atoms with E-state index in [2.05, 4.69) is 0 Å². The molecule has 0 amide bonds. The molecule has 1 saturated carbocycles. The van der Waals surface area contributed by atoms with Gasteiger partial charge in [0, 0.05) is 5.92 Å². The van der Waals surface area contributed by atoms with Crippen LogP contribution in [0.15, 0.2) is 24.3 Å². The molecule has 3 heteroatoms. The molecular formula is C14H18O3. The Morgan fingerprint density at radius 1 is 1.47 bits per heavy atom. The van der Waals surface area contributed by atoms with Gasteiger partial charge in [0.1, 0.15) is 5.75 Å². The van der Waals surface area contributed by atoms with E-state index in [0.29, 0.717) is 6.61 Å². The average molecular weight is 234 g/mol. The van der Waals surface area contributed by atoms with Crippen LogP contribution in [0, 0.1) is 11.3 Å². The summed E-state index contributed by atoms with van der Waals surface area (Å²) in [6.45, 7) is 6.57. The van der Waals surface area contributed by atoms with E-state index in [1.807, 2.05) is 45.0 Å². The fourth-order valence-corrected chi connectivity index (χ4v) is 2.69. The minimum absolute atomic E-state index is 0.0976. The highest BCUT2D eigenvalue weighted by atomic mass is 16.5. The highest BCUT2D eigenvalue weighted by molar-refractivity contribution is 5.77. The summed E-state index contributed by atoms with van der Waals surface area (Å²) in [6.07, 6.45) is 0. The number of hydrogen-bond acceptors (Lipinski definition) is 2. The number of rotatable bonds is 4. The van der Waals surface area contributed by atoms with E-state index < -0.39 is 5.97 Å². The van der Waals surface area contributed by atoms with E-state index in [4.69, 9.17) is 9.84 Å². The molecule has 2 rings (SSSR count). The third-order valence-corrected chi connectivity index (χ3v) is 3.62. The molecule has 1 fully saturated rings. The van der Waals surface area contributed by atoms with Gasteiger partial charge >= 0.3 is 5.97 Å². The summed E-state index contributed by atoms with van der Waals surface area (Å²) >= 11 is 0. The molecule has 1 aliphatic carbocycles. The summed E-state index contributed by atoms with van der Waals surface area (Å²) in [4.78, 5) is 11.1. The number of carboxylic acid groups (broad SMARTS) is 1. The van der Waals surface area contributed by atoms with E-state index in [1.54, 1.807) is 0 Å². The van der Waals surface area contributed by atoms with Gasteiger partial charge in [-0.15, -0.1) is 0 Å². The van der Waals surface area contributed by atoms with Crippen LogP contribution in [0.4, 0.5) is 0 Å². The van der Waals surface area contributed by atoms with Gasteiger partial charge in [-0.1, -0.05) is 26.0 Å². The number of carbonyl (C=O) groups is 1. The van der Waals surface area contributed by atoms with Crippen molar-refractivity contribution in [3.8, 4) is 5.75 Å². The van der Waals surface area contributed by atoms with Gasteiger partial charge in [-0.25, -0.2) is 0 Å². The first kappa shape index (κ1) is 12.0. The molecule has 2 atom stereocenters. The van der Waals surface area contributed by atoms with Crippen LogP contribution in [0.5, 0.6) is 5.75 Å². The first-order chi connectivity index (χ1) is 7.98. The van der Waals surface area contributed by atoms with Crippen molar-refractivity contribution in [2.45, 2.75) is 26.7 Å². The molecular weight excluding hydrogens is 216 g/mol. The van der Waals surface area contributed by atoms with Crippen LogP contribution in [-0.4, -0.2) is 17.7 Å². The van der Waals surface area contributed by atoms with Crippen LogP contribution in [0.2, 0.25) is 0 Å². The summed E-state index contributed by atoms with van der Waals surface area (Å²) in [5, 5.41) is 9.16. The van der Waals surface area contributed by atoms with Gasteiger partial charge in [0.05, 0.1) is 12.5 Å². The van der Waals surface area contributed by atoms with E-state index >= 15 is 0 Å². The summed E-state index contributed by atoms with van der Waals surface area (Å²) < 4.78 is 5.44. The highest BCUT2D eigenvalue weighted by Crippen LogP contribution is 2.64. The predicted octanol–water partition coefficient (Wildman–Crippen LogP) is 2.91. The van der Waals surface area contributed by atoms with Crippen molar-refractivity contribution in [3.05, 3.63) is 29.8 Å². The normalized spacial score (nSPS) is 25.4. The minimum atomic E-state index is -0.707. The molecule has 0 aliphatic heterocycles. The van der Waals surface area contributed by atoms with Crippen LogP contribution < -0.4 is 4.74 Å². The van der Waals surface area contributed by atoms with Gasteiger partial charge in [-0.2, -0.15) is 0 Å². The number of benzene rings is 1. The second-order valence-corrected chi connectivity index (χ2v) is 5.12. The average Bonchev–Trinajstić information content (AvgIpc) is 2.83. The molecule has 0 saturated heterocycles. The highest BCUT2D eigenvalue weighted by Gasteiger charge is 2.62. The van der Waals surface area contributed by atoms with Crippen LogP contribution in [0.3, 0.4) is 0 Å². The van der Waals surface area contributed by atoms with Gasteiger partial charge in [0.2, 0.25) is 0 Å². The molecule has 0 radical (unpaired) electrons. The zero-order chi connectivity index (χ0) is 12.6. The number of carboxylic acids is 1. The Kier molecular flexibility index (Phi) is 2.86. The second kappa shape index (κ2) is 4.06. The van der Waals surface area contributed by atoms with Crippen LogP contribution in [0.1, 0.15) is 32.3 Å². The molecule has 0 bridgehead atoms. The Morgan fingerprint density at radius 3 is 2.71 bits per heavy atom. The van der Waals surface area contributed by atoms with Crippen molar-refractivity contribution in [2.24, 2.45) is 11.3 Å². The van der Waals surface area contributed by atoms with Crippen LogP contribution in [0.25, 0.3) is 0 Å². The monoisotopic (exact) mass is 234 g/mol. The lowest BCUT2D eigenvalue weighted by Gasteiger charge is -2.06. The topological polar surface area (TPSA) is 46.5 Å². The molecule has 0 aromatic heterocycles. The molecule has 3 nitrogen and oxygen atoms in total. The molecule has 1 aromatic carbocycles. The molecule has 1 aromatic rings. The maximum Gasteiger partial charge on any atom is 0.307 e. The fourth-order valence-electron chi connectivity index (χ4n) is 2.69. The molecule has 0 heterocycles. The van der Waals surface area contributed by atoms with Crippen molar-refractivity contribution >= 4 is 5.97 Å². The Hall–Kier alpha value is -1.51. The Morgan fingerprint density at radius 2 is 2.18 bits per heavy atom. The minimum Gasteiger partial charge on any atom is -0.494 e. The number of hydrogen-bond donors (Lipinski definition) is 1. The van der Waals surface area contributed by atoms with Gasteiger partial charge in [-0.05, 0) is 30.0 Å². The van der Waals surface area contributed by atoms with E-state index in [1.165, 1.54) is 0 Å². The van der Waals surface area contributed by atoms with Gasteiger partial charge in [-0.3, -0.25) is 4.79 Å². The van der Waals surface area contributed by atoms with Crippen molar-refractivity contribution in [2.75, 3.05) is 6.61 Å². The maximum absolute atomic E-state index is 11.1. The molecule has 0 unspecified atom stereocenters. The van der Waals surface area contributed by atoms with Crippen molar-refractivity contribution in [1.82, 2.24) is 0 Å². The quantitative estimate of drug-likeness (QED) is 0.871. The van der Waals surface area contributed by atoms with E-state index in [9.17, 15) is 4.79 Å². The fraction of sp³-hybridized carbons (Fsp3) is 0.500. The summed E-state index contributed by atoms with van der Waals surface area (Å²) in [6, 6.07) is 7.77. The van der Waals surface area contributed by atoms with Crippen molar-refractivity contribution in [3.63, 3.8) is 0 Å². The zero-order valence-electron chi connectivity index (χ0n) is 10.4. The third-order valence-electron chi connectivity index (χ3n) is 3.62. The first-order valence-electron chi connectivity index (χ1n) is 5.94. The summed E-state index contributed by atoms with van der Waals surface area (Å²) in [5.41, 5.74) is 0.907. The van der Waals surface area contributed by atoms with Crippen LogP contribution >= 0.6 is 0 Å². The van der Waals surface area contributed by atoms with Gasteiger partial charge < -0.3 is 9.84 Å². The van der Waals surface area contributed by atoms with Crippen molar-refractivity contribution in [1.29, 1.82) is 0 Å². The first-order valence-corrected chi connectivity index (χ1v) is 5.94. The summed E-state index contributed by atoms with van der Waals surface area (Å²) in [7, 11) is 0. The van der Waals surface area contributed by atoms with Gasteiger partial charge in [0.25, 0.3) is 0 Å². The smallest absolute Gasteiger partial charge is 0.307 e. The maximum atomic E-state index is 11.1. The molecule has 0 spiro atoms. The number of ether oxygens (including phenoxy) is 1. The van der Waals surface area contributed by atoms with Gasteiger partial charge in [0.15, 0.2) is 0 Å². The molecule has 1 aliphatic rings. The third kappa shape index (κ3) is 2.02. The molecule has 92 valence electrons. The number of aliphatic carboxylic acids is 1. The SMILES string of the molecule is CCOc1cccc([C@H]2[C@H](C(=O)O)C2(C)C)c1.